The molecule has 2 rings (SSSR count). The standard InChI is InChI=1S/C13H9ClF2N2O2/c14-9-1-3-11(15)8(5-9)7-17-10-2-4-12(16)13(6-10)18(19)20/h1-6,17H,7H2. The van der Waals surface area contributed by atoms with E-state index >= 15 is 0 Å². The summed E-state index contributed by atoms with van der Waals surface area (Å²) in [6.07, 6.45) is 0. The van der Waals surface area contributed by atoms with E-state index in [9.17, 15) is 18.9 Å². The van der Waals surface area contributed by atoms with Gasteiger partial charge in [-0.2, -0.15) is 4.39 Å². The lowest BCUT2D eigenvalue weighted by Gasteiger charge is -2.08. The molecule has 0 saturated carbocycles. The second-order valence-electron chi connectivity index (χ2n) is 4.01. The van der Waals surface area contributed by atoms with Gasteiger partial charge < -0.3 is 5.32 Å². The molecular formula is C13H9ClF2N2O2. The minimum absolute atomic E-state index is 0.0786. The number of benzene rings is 2. The fourth-order valence-corrected chi connectivity index (χ4v) is 1.83. The minimum atomic E-state index is -0.922. The van der Waals surface area contributed by atoms with E-state index in [1.54, 1.807) is 0 Å². The van der Waals surface area contributed by atoms with E-state index in [4.69, 9.17) is 11.6 Å². The van der Waals surface area contributed by atoms with Crippen LogP contribution in [0.25, 0.3) is 0 Å². The van der Waals surface area contributed by atoms with Crippen molar-refractivity contribution in [2.75, 3.05) is 5.32 Å². The van der Waals surface area contributed by atoms with Gasteiger partial charge in [-0.3, -0.25) is 10.1 Å². The summed E-state index contributed by atoms with van der Waals surface area (Å²) < 4.78 is 26.6. The van der Waals surface area contributed by atoms with E-state index in [2.05, 4.69) is 5.32 Å². The number of hydrogen-bond acceptors (Lipinski definition) is 3. The number of halogens is 3. The summed E-state index contributed by atoms with van der Waals surface area (Å²) in [5.41, 5.74) is -0.0106. The number of nitro groups is 1. The van der Waals surface area contributed by atoms with Crippen LogP contribution in [0.5, 0.6) is 0 Å². The number of nitrogens with zero attached hydrogens (tertiary/aromatic N) is 1. The predicted octanol–water partition coefficient (Wildman–Crippen LogP) is 4.14. The molecule has 1 N–H and O–H groups in total. The molecule has 20 heavy (non-hydrogen) atoms. The summed E-state index contributed by atoms with van der Waals surface area (Å²) >= 11 is 5.75. The molecule has 104 valence electrons. The van der Waals surface area contributed by atoms with Crippen LogP contribution >= 0.6 is 11.6 Å². The Bertz CT molecular complexity index is 665. The second-order valence-corrected chi connectivity index (χ2v) is 4.45. The zero-order chi connectivity index (χ0) is 14.7. The van der Waals surface area contributed by atoms with E-state index in [1.807, 2.05) is 0 Å². The van der Waals surface area contributed by atoms with Crippen LogP contribution in [-0.2, 0) is 6.54 Å². The van der Waals surface area contributed by atoms with Crippen molar-refractivity contribution in [2.45, 2.75) is 6.54 Å². The third-order valence-electron chi connectivity index (χ3n) is 2.63. The van der Waals surface area contributed by atoms with Crippen molar-refractivity contribution in [3.63, 3.8) is 0 Å². The maximum absolute atomic E-state index is 13.5. The Morgan fingerprint density at radius 1 is 1.15 bits per heavy atom. The first-order chi connectivity index (χ1) is 9.47. The van der Waals surface area contributed by atoms with Gasteiger partial charge in [0.1, 0.15) is 5.82 Å². The minimum Gasteiger partial charge on any atom is -0.381 e. The highest BCUT2D eigenvalue weighted by atomic mass is 35.5. The Morgan fingerprint density at radius 3 is 2.55 bits per heavy atom. The van der Waals surface area contributed by atoms with Gasteiger partial charge in [0.25, 0.3) is 0 Å². The van der Waals surface area contributed by atoms with E-state index in [1.165, 1.54) is 24.3 Å². The van der Waals surface area contributed by atoms with Crippen molar-refractivity contribution in [3.05, 3.63) is 68.7 Å². The van der Waals surface area contributed by atoms with Crippen LogP contribution in [0.4, 0.5) is 20.2 Å². The number of hydrogen-bond donors (Lipinski definition) is 1. The molecule has 0 aliphatic rings. The van der Waals surface area contributed by atoms with Gasteiger partial charge in [-0.05, 0) is 30.3 Å². The Balaban J connectivity index is 2.17. The Hall–Kier alpha value is -2.21. The fourth-order valence-electron chi connectivity index (χ4n) is 1.64. The van der Waals surface area contributed by atoms with Gasteiger partial charge in [0, 0.05) is 28.9 Å². The van der Waals surface area contributed by atoms with Crippen LogP contribution in [0, 0.1) is 21.7 Å². The van der Waals surface area contributed by atoms with Gasteiger partial charge >= 0.3 is 5.69 Å². The van der Waals surface area contributed by atoms with Crippen molar-refractivity contribution in [2.24, 2.45) is 0 Å². The van der Waals surface area contributed by atoms with Gasteiger partial charge in [-0.25, -0.2) is 4.39 Å². The molecule has 0 fully saturated rings. The van der Waals surface area contributed by atoms with Crippen molar-refractivity contribution in [3.8, 4) is 0 Å². The smallest absolute Gasteiger partial charge is 0.306 e. The fraction of sp³-hybridized carbons (Fsp3) is 0.0769. The molecule has 0 amide bonds. The molecule has 0 heterocycles. The average Bonchev–Trinajstić information content (AvgIpc) is 2.41. The third kappa shape index (κ3) is 3.21. The summed E-state index contributed by atoms with van der Waals surface area (Å²) in [4.78, 5) is 9.79. The van der Waals surface area contributed by atoms with Crippen molar-refractivity contribution >= 4 is 23.0 Å². The first-order valence-electron chi connectivity index (χ1n) is 5.59. The van der Waals surface area contributed by atoms with Gasteiger partial charge in [0.15, 0.2) is 0 Å². The van der Waals surface area contributed by atoms with E-state index < -0.39 is 22.2 Å². The number of anilines is 1. The van der Waals surface area contributed by atoms with Crippen molar-refractivity contribution in [1.82, 2.24) is 0 Å². The van der Waals surface area contributed by atoms with Crippen LogP contribution in [0.1, 0.15) is 5.56 Å². The lowest BCUT2D eigenvalue weighted by atomic mass is 10.2. The topological polar surface area (TPSA) is 55.2 Å². The first kappa shape index (κ1) is 14.2. The molecule has 2 aromatic carbocycles. The van der Waals surface area contributed by atoms with Gasteiger partial charge in [0.05, 0.1) is 4.92 Å². The summed E-state index contributed by atoms with van der Waals surface area (Å²) in [6.45, 7) is 0.0786. The first-order valence-corrected chi connectivity index (χ1v) is 5.97. The molecule has 0 bridgehead atoms. The number of rotatable bonds is 4. The molecule has 0 aliphatic heterocycles. The van der Waals surface area contributed by atoms with Crippen molar-refractivity contribution < 1.29 is 13.7 Å². The maximum atomic E-state index is 13.5. The molecule has 0 atom stereocenters. The molecular weight excluding hydrogens is 290 g/mol. The van der Waals surface area contributed by atoms with Crippen molar-refractivity contribution in [1.29, 1.82) is 0 Å². The highest BCUT2D eigenvalue weighted by Crippen LogP contribution is 2.23. The summed E-state index contributed by atoms with van der Waals surface area (Å²) in [5, 5.41) is 13.8. The Morgan fingerprint density at radius 2 is 1.85 bits per heavy atom. The molecule has 0 aliphatic carbocycles. The number of nitro benzene ring substituents is 1. The summed E-state index contributed by atoms with van der Waals surface area (Å²) in [6, 6.07) is 7.47. The molecule has 0 unspecified atom stereocenters. The highest BCUT2D eigenvalue weighted by molar-refractivity contribution is 6.30. The normalized spacial score (nSPS) is 10.3. The Labute approximate surface area is 118 Å². The van der Waals surface area contributed by atoms with Gasteiger partial charge in [-0.1, -0.05) is 11.6 Å². The van der Waals surface area contributed by atoms with Crippen LogP contribution in [0.3, 0.4) is 0 Å². The second kappa shape index (κ2) is 5.83. The highest BCUT2D eigenvalue weighted by Gasteiger charge is 2.14. The third-order valence-corrected chi connectivity index (χ3v) is 2.87. The quantitative estimate of drug-likeness (QED) is 0.682. The van der Waals surface area contributed by atoms with Crippen LogP contribution in [0.2, 0.25) is 5.02 Å². The summed E-state index contributed by atoms with van der Waals surface area (Å²) in [5.74, 6) is -1.37. The van der Waals surface area contributed by atoms with Gasteiger partial charge in [0.2, 0.25) is 5.82 Å². The number of nitrogens with one attached hydrogen (secondary N) is 1. The lowest BCUT2D eigenvalue weighted by Crippen LogP contribution is -2.03. The maximum Gasteiger partial charge on any atom is 0.306 e. The molecule has 0 radical (unpaired) electrons. The largest absolute Gasteiger partial charge is 0.381 e. The average molecular weight is 299 g/mol. The molecule has 4 nitrogen and oxygen atoms in total. The Kier molecular flexibility index (Phi) is 4.14. The van der Waals surface area contributed by atoms with Gasteiger partial charge in [-0.15, -0.1) is 0 Å². The van der Waals surface area contributed by atoms with E-state index in [0.717, 1.165) is 12.1 Å². The SMILES string of the molecule is O=[N+]([O-])c1cc(NCc2cc(Cl)ccc2F)ccc1F. The molecule has 7 heteroatoms. The van der Waals surface area contributed by atoms with Crippen LogP contribution < -0.4 is 5.32 Å². The lowest BCUT2D eigenvalue weighted by molar-refractivity contribution is -0.387. The zero-order valence-corrected chi connectivity index (χ0v) is 10.8. The van der Waals surface area contributed by atoms with E-state index in [0.29, 0.717) is 16.3 Å². The molecule has 0 saturated heterocycles. The molecule has 2 aromatic rings. The van der Waals surface area contributed by atoms with Crippen LogP contribution in [0.15, 0.2) is 36.4 Å². The van der Waals surface area contributed by atoms with E-state index in [-0.39, 0.29) is 6.54 Å². The van der Waals surface area contributed by atoms with Crippen LogP contribution in [-0.4, -0.2) is 4.92 Å². The molecule has 0 spiro atoms. The summed E-state index contributed by atoms with van der Waals surface area (Å²) in [7, 11) is 0. The molecule has 0 aromatic heterocycles. The zero-order valence-electron chi connectivity index (χ0n) is 10.1. The predicted molar refractivity (Wildman–Crippen MR) is 71.8 cm³/mol. The monoisotopic (exact) mass is 298 g/mol.